The maximum atomic E-state index is 14.1. The number of aromatic nitrogens is 6. The van der Waals surface area contributed by atoms with Crippen LogP contribution in [0.4, 0.5) is 11.5 Å². The summed E-state index contributed by atoms with van der Waals surface area (Å²) in [6.07, 6.45) is 11.9. The Labute approximate surface area is 469 Å². The SMILES string of the molecule is CCC(CC)c1cc(NC2CCC(N)C2)n2nccc2n1.CCn1c(-c2cc(N3CCN(C)CC3)cnc2C(C)OC)c2c3cc(ccc31)-c1csc(n1)CC(NC(=O)C1CC1C)C(=O)N1CCCC(N1)C(=O)OCC(C)(C)C2. The summed E-state index contributed by atoms with van der Waals surface area (Å²) in [5, 5.41) is 16.5. The van der Waals surface area contributed by atoms with Crippen molar-refractivity contribution in [3.8, 4) is 22.5 Å². The lowest BCUT2D eigenvalue weighted by Crippen LogP contribution is -2.60. The van der Waals surface area contributed by atoms with Crippen LogP contribution in [0.5, 0.6) is 0 Å². The largest absolute Gasteiger partial charge is 0.464 e. The van der Waals surface area contributed by atoms with Gasteiger partial charge in [0.2, 0.25) is 5.91 Å². The van der Waals surface area contributed by atoms with Crippen LogP contribution in [0.2, 0.25) is 0 Å². The van der Waals surface area contributed by atoms with Gasteiger partial charge in [0.25, 0.3) is 5.91 Å². The molecule has 0 radical (unpaired) electrons. The van der Waals surface area contributed by atoms with Gasteiger partial charge in [-0.05, 0) is 108 Å². The summed E-state index contributed by atoms with van der Waals surface area (Å²) in [5.74, 6) is 0.997. The fourth-order valence-corrected chi connectivity index (χ4v) is 13.0. The average molecular weight is 1100 g/mol. The predicted molar refractivity (Wildman–Crippen MR) is 312 cm³/mol. The van der Waals surface area contributed by atoms with E-state index in [1.807, 2.05) is 42.2 Å². The van der Waals surface area contributed by atoms with Gasteiger partial charge in [0, 0.05) is 127 Å². The van der Waals surface area contributed by atoms with E-state index in [4.69, 9.17) is 30.2 Å². The number of hydrogen-bond donors (Lipinski definition) is 4. The number of ether oxygens (including phenoxy) is 2. The van der Waals surface area contributed by atoms with Gasteiger partial charge in [0.05, 0.1) is 52.9 Å². The molecule has 5 aromatic heterocycles. The molecule has 1 aromatic carbocycles. The number of nitrogens with zero attached hydrogens (tertiary/aromatic N) is 9. The van der Waals surface area contributed by atoms with E-state index in [1.54, 1.807) is 7.11 Å². The summed E-state index contributed by atoms with van der Waals surface area (Å²) in [6, 6.07) is 12.3. The number of hydrogen-bond acceptors (Lipinski definition) is 15. The Kier molecular flexibility index (Phi) is 17.1. The highest BCUT2D eigenvalue weighted by Crippen LogP contribution is 2.44. The molecule has 5 N–H and O–H groups in total. The summed E-state index contributed by atoms with van der Waals surface area (Å²) in [4.78, 5) is 60.9. The second-order valence-electron chi connectivity index (χ2n) is 23.7. The molecule has 6 aromatic rings. The van der Waals surface area contributed by atoms with Crippen LogP contribution in [0, 0.1) is 17.3 Å². The summed E-state index contributed by atoms with van der Waals surface area (Å²) in [6.45, 7) is 20.2. The van der Waals surface area contributed by atoms with Gasteiger partial charge in [0.1, 0.15) is 17.9 Å². The lowest BCUT2D eigenvalue weighted by Gasteiger charge is -2.35. The number of anilines is 2. The van der Waals surface area contributed by atoms with Crippen LogP contribution in [0.15, 0.2) is 54.2 Å². The number of thiazole rings is 1. The normalized spacial score (nSPS) is 24.0. The van der Waals surface area contributed by atoms with E-state index in [0.29, 0.717) is 49.7 Å². The predicted octanol–water partition coefficient (Wildman–Crippen LogP) is 8.53. The molecule has 3 aliphatic heterocycles. The number of methoxy groups -OCH3 is 1. The van der Waals surface area contributed by atoms with E-state index < -0.39 is 17.5 Å². The molecule has 4 fully saturated rings. The highest BCUT2D eigenvalue weighted by Gasteiger charge is 2.42. The Morgan fingerprint density at radius 3 is 2.51 bits per heavy atom. The van der Waals surface area contributed by atoms with Crippen LogP contribution in [0.1, 0.15) is 134 Å². The molecule has 7 atom stereocenters. The number of carbonyl (C=O) groups excluding carboxylic acids is 3. The van der Waals surface area contributed by atoms with Gasteiger partial charge in [-0.3, -0.25) is 24.4 Å². The second-order valence-corrected chi connectivity index (χ2v) is 24.6. The maximum absolute atomic E-state index is 14.1. The minimum Gasteiger partial charge on any atom is -0.464 e. The summed E-state index contributed by atoms with van der Waals surface area (Å²) in [7, 11) is 3.89. The van der Waals surface area contributed by atoms with Crippen LogP contribution in [-0.4, -0.2) is 134 Å². The quantitative estimate of drug-likeness (QED) is 0.0850. The molecule has 2 saturated carbocycles. The number of aryl methyl sites for hydroxylation is 1. The monoisotopic (exact) mass is 1100 g/mol. The first-order valence-electron chi connectivity index (χ1n) is 29.0. The highest BCUT2D eigenvalue weighted by atomic mass is 32.1. The molecule has 18 nitrogen and oxygen atoms in total. The van der Waals surface area contributed by atoms with Crippen molar-refractivity contribution in [1.29, 1.82) is 0 Å². The van der Waals surface area contributed by atoms with Crippen molar-refractivity contribution in [3.63, 3.8) is 0 Å². The number of esters is 1. The molecule has 2 saturated heterocycles. The number of rotatable bonds is 12. The molecule has 8 heterocycles. The number of likely N-dealkylation sites (N-methyl/N-ethyl adjacent to an activating group) is 1. The number of hydrazine groups is 1. The zero-order chi connectivity index (χ0) is 55.7. The zero-order valence-electron chi connectivity index (χ0n) is 47.9. The van der Waals surface area contributed by atoms with Crippen molar-refractivity contribution < 1.29 is 23.9 Å². The number of nitrogens with one attached hydrogen (secondary N) is 3. The first-order valence-corrected chi connectivity index (χ1v) is 29.9. The molecule has 0 spiro atoms. The van der Waals surface area contributed by atoms with Crippen LogP contribution in [0.25, 0.3) is 39.1 Å². The number of nitrogens with two attached hydrogens (primary N) is 1. The maximum Gasteiger partial charge on any atom is 0.324 e. The van der Waals surface area contributed by atoms with Gasteiger partial charge in [0.15, 0.2) is 5.65 Å². The molecule has 79 heavy (non-hydrogen) atoms. The van der Waals surface area contributed by atoms with Gasteiger partial charge in [-0.2, -0.15) is 9.61 Å². The van der Waals surface area contributed by atoms with Crippen molar-refractivity contribution in [1.82, 2.24) is 49.8 Å². The van der Waals surface area contributed by atoms with Gasteiger partial charge >= 0.3 is 5.97 Å². The van der Waals surface area contributed by atoms with E-state index in [-0.39, 0.29) is 42.8 Å². The van der Waals surface area contributed by atoms with Gasteiger partial charge in [-0.15, -0.1) is 11.3 Å². The van der Waals surface area contributed by atoms with Gasteiger partial charge < -0.3 is 40.2 Å². The molecule has 5 aliphatic rings. The first-order chi connectivity index (χ1) is 38.0. The molecule has 6 bridgehead atoms. The lowest BCUT2D eigenvalue weighted by molar-refractivity contribution is -0.155. The standard InChI is InChI=1S/C44H58N8O5S.C16H25N5/c1-8-51-37-12-11-28-19-31(37)33(40(51)32-20-29(23-45-39(32)27(3)56-7)50-16-14-49(6)15-17-50)22-44(4,5)25-57-43(55)34-10-9-13-52(48-34)42(54)35(21-38-46-36(28)24-58-38)47-41(53)30-18-26(30)2;1-3-11(4-2)14-10-16(19-13-6-5-12(17)9-13)21-15(20-14)7-8-18-21/h11-12,19-20,23-24,26-27,30,34-35,48H,8-10,13-18,21-22,25H2,1-7H3,(H,47,53);7-8,10-13,19H,3-6,9,17H2,1-2H3. The number of fused-ring (bicyclic) bond motifs is 7. The topological polar surface area (TPSA) is 202 Å². The Hall–Kier alpha value is -5.99. The number of benzene rings is 1. The van der Waals surface area contributed by atoms with E-state index in [0.717, 1.165) is 144 Å². The van der Waals surface area contributed by atoms with E-state index >= 15 is 0 Å². The molecule has 2 amide bonds. The Morgan fingerprint density at radius 1 is 1.01 bits per heavy atom. The van der Waals surface area contributed by atoms with E-state index in [2.05, 4.69) is 108 Å². The Balaban J connectivity index is 0.000000279. The van der Waals surface area contributed by atoms with E-state index in [1.165, 1.54) is 16.3 Å². The molecule has 7 unspecified atom stereocenters. The van der Waals surface area contributed by atoms with Crippen LogP contribution in [-0.2, 0) is 43.2 Å². The smallest absolute Gasteiger partial charge is 0.324 e. The zero-order valence-corrected chi connectivity index (χ0v) is 48.7. The molecule has 424 valence electrons. The first kappa shape index (κ1) is 56.3. The summed E-state index contributed by atoms with van der Waals surface area (Å²) < 4.78 is 16.4. The summed E-state index contributed by atoms with van der Waals surface area (Å²) >= 11 is 1.49. The van der Waals surface area contributed by atoms with Gasteiger partial charge in [-0.1, -0.05) is 40.7 Å². The summed E-state index contributed by atoms with van der Waals surface area (Å²) in [5.41, 5.74) is 19.0. The molecular formula is C60H83N13O5S. The van der Waals surface area contributed by atoms with Crippen molar-refractivity contribution in [2.24, 2.45) is 23.0 Å². The third-order valence-corrected chi connectivity index (χ3v) is 18.0. The van der Waals surface area contributed by atoms with Gasteiger partial charge in [-0.25, -0.2) is 15.4 Å². The van der Waals surface area contributed by atoms with Crippen molar-refractivity contribution >= 4 is 57.2 Å². The number of piperazine rings is 1. The minimum atomic E-state index is -0.825. The second kappa shape index (κ2) is 24.0. The third kappa shape index (κ3) is 12.4. The molecule has 11 rings (SSSR count). The van der Waals surface area contributed by atoms with Crippen molar-refractivity contribution in [2.75, 3.05) is 63.7 Å². The molecular weight excluding hydrogens is 1010 g/mol. The number of pyridine rings is 1. The van der Waals surface area contributed by atoms with Crippen molar-refractivity contribution in [2.45, 2.75) is 155 Å². The number of carbonyl (C=O) groups is 3. The number of cyclic esters (lactones) is 1. The van der Waals surface area contributed by atoms with Crippen LogP contribution in [0.3, 0.4) is 0 Å². The highest BCUT2D eigenvalue weighted by molar-refractivity contribution is 7.10. The molecule has 2 aliphatic carbocycles. The molecule has 19 heteroatoms. The Morgan fingerprint density at radius 2 is 1.80 bits per heavy atom. The Bertz CT molecular complexity index is 3140. The van der Waals surface area contributed by atoms with Crippen LogP contribution >= 0.6 is 11.3 Å². The van der Waals surface area contributed by atoms with E-state index in [9.17, 15) is 14.4 Å². The van der Waals surface area contributed by atoms with Crippen molar-refractivity contribution in [3.05, 3.63) is 76.1 Å². The van der Waals surface area contributed by atoms with Crippen LogP contribution < -0.4 is 26.7 Å². The fraction of sp³-hybridized carbons (Fsp3) is 0.583. The minimum absolute atomic E-state index is 0.0897. The fourth-order valence-electron chi connectivity index (χ4n) is 12.1. The third-order valence-electron chi connectivity index (χ3n) is 17.1. The lowest BCUT2D eigenvalue weighted by atomic mass is 9.84. The average Bonchev–Trinajstić information content (AvgIpc) is 4.17. The number of amides is 2.